The Balaban J connectivity index is 2.90. The lowest BCUT2D eigenvalue weighted by Crippen LogP contribution is -2.11. The number of amides is 1. The van der Waals surface area contributed by atoms with Crippen LogP contribution in [0, 0.1) is 11.6 Å². The number of carbonyl (C=O) groups excluding carboxylic acids is 1. The van der Waals surface area contributed by atoms with Gasteiger partial charge in [0, 0.05) is 12.5 Å². The van der Waals surface area contributed by atoms with E-state index in [-0.39, 0.29) is 16.6 Å². The number of nitrogens with one attached hydrogen (secondary N) is 1. The third-order valence-corrected chi connectivity index (χ3v) is 2.22. The molecule has 0 radical (unpaired) electrons. The molecule has 0 aliphatic carbocycles. The van der Waals surface area contributed by atoms with Gasteiger partial charge < -0.3 is 5.32 Å². The molecule has 0 aromatic heterocycles. The van der Waals surface area contributed by atoms with Crippen LogP contribution in [0.25, 0.3) is 0 Å². The number of halogens is 3. The molecule has 0 saturated heterocycles. The van der Waals surface area contributed by atoms with Crippen molar-refractivity contribution in [1.29, 1.82) is 0 Å². The van der Waals surface area contributed by atoms with E-state index in [1.807, 2.05) is 0 Å². The van der Waals surface area contributed by atoms with E-state index in [0.29, 0.717) is 0 Å². The number of rotatable bonds is 3. The summed E-state index contributed by atoms with van der Waals surface area (Å²) in [6.07, 6.45) is 1.43. The summed E-state index contributed by atoms with van der Waals surface area (Å²) in [6.45, 7) is 3.36. The van der Waals surface area contributed by atoms with Gasteiger partial charge in [-0.3, -0.25) is 4.79 Å². The first-order chi connectivity index (χ1) is 7.04. The third-order valence-electron chi connectivity index (χ3n) is 1.61. The molecule has 1 aromatic carbocycles. The fourth-order valence-electron chi connectivity index (χ4n) is 0.951. The molecule has 0 fully saturated rings. The number of hydrogen-bond donors (Lipinski definition) is 1. The highest BCUT2D eigenvalue weighted by atomic mass is 79.9. The average Bonchev–Trinajstić information content (AvgIpc) is 2.14. The van der Waals surface area contributed by atoms with Gasteiger partial charge in [-0.1, -0.05) is 6.08 Å². The van der Waals surface area contributed by atoms with Crippen LogP contribution in [-0.4, -0.2) is 5.91 Å². The SMILES string of the molecule is C=CCC(=O)Nc1cc(F)c(Br)cc1F. The second-order valence-corrected chi connectivity index (χ2v) is 3.64. The first-order valence-electron chi connectivity index (χ1n) is 4.10. The van der Waals surface area contributed by atoms with Crippen LogP contribution in [0.4, 0.5) is 14.5 Å². The fourth-order valence-corrected chi connectivity index (χ4v) is 1.27. The zero-order chi connectivity index (χ0) is 11.4. The molecule has 0 bridgehead atoms. The summed E-state index contributed by atoms with van der Waals surface area (Å²) in [5, 5.41) is 2.23. The molecular weight excluding hydrogens is 268 g/mol. The van der Waals surface area contributed by atoms with Crippen molar-refractivity contribution in [1.82, 2.24) is 0 Å². The molecule has 15 heavy (non-hydrogen) atoms. The van der Waals surface area contributed by atoms with Gasteiger partial charge >= 0.3 is 0 Å². The molecule has 0 aliphatic rings. The highest BCUT2D eigenvalue weighted by Crippen LogP contribution is 2.23. The lowest BCUT2D eigenvalue weighted by molar-refractivity contribution is -0.115. The van der Waals surface area contributed by atoms with Crippen LogP contribution >= 0.6 is 15.9 Å². The minimum Gasteiger partial charge on any atom is -0.323 e. The Labute approximate surface area is 94.1 Å². The van der Waals surface area contributed by atoms with Crippen molar-refractivity contribution >= 4 is 27.5 Å². The van der Waals surface area contributed by atoms with Gasteiger partial charge in [-0.15, -0.1) is 6.58 Å². The van der Waals surface area contributed by atoms with Crippen LogP contribution in [0.5, 0.6) is 0 Å². The van der Waals surface area contributed by atoms with E-state index in [1.165, 1.54) is 6.08 Å². The van der Waals surface area contributed by atoms with Crippen molar-refractivity contribution in [3.63, 3.8) is 0 Å². The van der Waals surface area contributed by atoms with Crippen LogP contribution in [-0.2, 0) is 4.79 Å². The monoisotopic (exact) mass is 275 g/mol. The lowest BCUT2D eigenvalue weighted by atomic mass is 10.3. The predicted octanol–water partition coefficient (Wildman–Crippen LogP) is 3.24. The smallest absolute Gasteiger partial charge is 0.228 e. The molecular formula is C10H8BrF2NO. The van der Waals surface area contributed by atoms with Gasteiger partial charge in [0.25, 0.3) is 0 Å². The molecule has 0 heterocycles. The normalized spacial score (nSPS) is 9.80. The summed E-state index contributed by atoms with van der Waals surface area (Å²) in [5.41, 5.74) is -0.178. The van der Waals surface area contributed by atoms with E-state index in [9.17, 15) is 13.6 Å². The highest BCUT2D eigenvalue weighted by molar-refractivity contribution is 9.10. The number of anilines is 1. The molecule has 0 atom stereocenters. The molecule has 0 unspecified atom stereocenters. The Morgan fingerprint density at radius 1 is 1.47 bits per heavy atom. The first kappa shape index (κ1) is 11.8. The van der Waals surface area contributed by atoms with E-state index in [4.69, 9.17) is 0 Å². The molecule has 5 heteroatoms. The predicted molar refractivity (Wildman–Crippen MR) is 57.5 cm³/mol. The number of benzene rings is 1. The van der Waals surface area contributed by atoms with Gasteiger partial charge in [-0.25, -0.2) is 8.78 Å². The average molecular weight is 276 g/mol. The Hall–Kier alpha value is -1.23. The lowest BCUT2D eigenvalue weighted by Gasteiger charge is -2.05. The third kappa shape index (κ3) is 3.13. The van der Waals surface area contributed by atoms with Gasteiger partial charge in [0.05, 0.1) is 10.2 Å². The maximum absolute atomic E-state index is 13.2. The quantitative estimate of drug-likeness (QED) is 0.666. The van der Waals surface area contributed by atoms with Gasteiger partial charge in [0.1, 0.15) is 11.6 Å². The highest BCUT2D eigenvalue weighted by Gasteiger charge is 2.09. The molecule has 1 rings (SSSR count). The van der Waals surface area contributed by atoms with Crippen molar-refractivity contribution in [3.8, 4) is 0 Å². The first-order valence-corrected chi connectivity index (χ1v) is 4.89. The maximum Gasteiger partial charge on any atom is 0.228 e. The number of carbonyl (C=O) groups is 1. The molecule has 0 saturated carbocycles. The van der Waals surface area contributed by atoms with Crippen molar-refractivity contribution in [3.05, 3.63) is 40.9 Å². The Bertz CT molecular complexity index is 407. The standard InChI is InChI=1S/C10H8BrF2NO/c1-2-3-10(15)14-9-5-7(12)6(11)4-8(9)13/h2,4-5H,1,3H2,(H,14,15). The van der Waals surface area contributed by atoms with Crippen LogP contribution < -0.4 is 5.32 Å². The van der Waals surface area contributed by atoms with E-state index >= 15 is 0 Å². The molecule has 1 aromatic rings. The molecule has 1 amide bonds. The minimum absolute atomic E-state index is 0.0155. The van der Waals surface area contributed by atoms with Gasteiger partial charge in [-0.2, -0.15) is 0 Å². The van der Waals surface area contributed by atoms with Crippen LogP contribution in [0.1, 0.15) is 6.42 Å². The Morgan fingerprint density at radius 2 is 2.13 bits per heavy atom. The van der Waals surface area contributed by atoms with Crippen molar-refractivity contribution in [2.24, 2.45) is 0 Å². The summed E-state index contributed by atoms with van der Waals surface area (Å²) >= 11 is 2.83. The van der Waals surface area contributed by atoms with E-state index in [2.05, 4.69) is 27.8 Å². The van der Waals surface area contributed by atoms with Gasteiger partial charge in [0.2, 0.25) is 5.91 Å². The summed E-state index contributed by atoms with van der Waals surface area (Å²) in [6, 6.07) is 1.87. The zero-order valence-electron chi connectivity index (χ0n) is 7.69. The molecule has 80 valence electrons. The van der Waals surface area contributed by atoms with Crippen LogP contribution in [0.15, 0.2) is 29.3 Å². The van der Waals surface area contributed by atoms with E-state index < -0.39 is 17.5 Å². The summed E-state index contributed by atoms with van der Waals surface area (Å²) in [7, 11) is 0. The molecule has 2 nitrogen and oxygen atoms in total. The van der Waals surface area contributed by atoms with Crippen LogP contribution in [0.3, 0.4) is 0 Å². The molecule has 1 N–H and O–H groups in total. The second-order valence-electron chi connectivity index (χ2n) is 2.79. The Kier molecular flexibility index (Phi) is 3.96. The zero-order valence-corrected chi connectivity index (χ0v) is 9.27. The summed E-state index contributed by atoms with van der Waals surface area (Å²) in [4.78, 5) is 11.1. The molecule has 0 aliphatic heterocycles. The summed E-state index contributed by atoms with van der Waals surface area (Å²) < 4.78 is 26.2. The minimum atomic E-state index is -0.694. The molecule has 0 spiro atoms. The second kappa shape index (κ2) is 5.02. The van der Waals surface area contributed by atoms with E-state index in [1.54, 1.807) is 0 Å². The fraction of sp³-hybridized carbons (Fsp3) is 0.100. The maximum atomic E-state index is 13.2. The van der Waals surface area contributed by atoms with Crippen molar-refractivity contribution in [2.45, 2.75) is 6.42 Å². The van der Waals surface area contributed by atoms with Gasteiger partial charge in [0.15, 0.2) is 0 Å². The topological polar surface area (TPSA) is 29.1 Å². The van der Waals surface area contributed by atoms with Crippen molar-refractivity contribution in [2.75, 3.05) is 5.32 Å². The summed E-state index contributed by atoms with van der Waals surface area (Å²) in [5.74, 6) is -1.77. The van der Waals surface area contributed by atoms with Crippen molar-refractivity contribution < 1.29 is 13.6 Å². The van der Waals surface area contributed by atoms with Crippen LogP contribution in [0.2, 0.25) is 0 Å². The largest absolute Gasteiger partial charge is 0.323 e. The Morgan fingerprint density at radius 3 is 2.73 bits per heavy atom. The van der Waals surface area contributed by atoms with E-state index in [0.717, 1.165) is 12.1 Å². The number of hydrogen-bond acceptors (Lipinski definition) is 1. The van der Waals surface area contributed by atoms with Gasteiger partial charge in [-0.05, 0) is 22.0 Å².